The number of hydrogen-bond acceptors (Lipinski definition) is 10. The molecule has 5 amide bonds. The Kier molecular flexibility index (Phi) is 17.7. The average Bonchev–Trinajstić information content (AvgIpc) is 3.00. The van der Waals surface area contributed by atoms with Crippen LogP contribution < -0.4 is 47.5 Å². The number of unbranched alkanes of at least 4 members (excludes halogenated alkanes) is 1. The molecule has 0 saturated heterocycles. The fourth-order valence-corrected chi connectivity index (χ4v) is 4.72. The first-order chi connectivity index (χ1) is 23.4. The molecule has 0 fully saturated rings. The lowest BCUT2D eigenvalue weighted by atomic mass is 9.95. The first-order valence-electron chi connectivity index (χ1n) is 17.0. The fourth-order valence-electron chi connectivity index (χ4n) is 4.32. The highest BCUT2D eigenvalue weighted by Crippen LogP contribution is 2.37. The minimum Gasteiger partial charge on any atom is -0.404 e. The van der Waals surface area contributed by atoms with Crippen LogP contribution in [0, 0.1) is 0 Å². The van der Waals surface area contributed by atoms with E-state index in [9.17, 15) is 28.5 Å². The number of phosphoric ester groups is 1. The maximum Gasteiger partial charge on any atom is 0.524 e. The maximum atomic E-state index is 13.3. The van der Waals surface area contributed by atoms with Crippen LogP contribution in [0.1, 0.15) is 91.4 Å². The van der Waals surface area contributed by atoms with Crippen molar-refractivity contribution in [1.82, 2.24) is 37.2 Å². The number of nitrogens with one attached hydrogen (secondary N) is 7. The van der Waals surface area contributed by atoms with Gasteiger partial charge in [0.2, 0.25) is 23.6 Å². The van der Waals surface area contributed by atoms with Gasteiger partial charge in [-0.3, -0.25) is 33.8 Å². The van der Waals surface area contributed by atoms with E-state index in [1.165, 1.54) is 65.8 Å². The zero-order valence-electron chi connectivity index (χ0n) is 31.2. The van der Waals surface area contributed by atoms with E-state index >= 15 is 0 Å². The van der Waals surface area contributed by atoms with E-state index in [4.69, 9.17) is 15.5 Å². The van der Waals surface area contributed by atoms with Crippen LogP contribution in [0.25, 0.3) is 0 Å². The van der Waals surface area contributed by atoms with E-state index in [0.717, 1.165) is 45.4 Å². The van der Waals surface area contributed by atoms with E-state index in [1.807, 2.05) is 0 Å². The monoisotopic (exact) mass is 742 g/mol. The Morgan fingerprint density at radius 3 is 1.43 bits per heavy atom. The lowest BCUT2D eigenvalue weighted by Gasteiger charge is -2.36. The summed E-state index contributed by atoms with van der Waals surface area (Å²) in [4.78, 5) is 83.3. The molecule has 0 bridgehead atoms. The molecule has 0 spiro atoms. The molecule has 1 aromatic carbocycles. The largest absolute Gasteiger partial charge is 0.524 e. The van der Waals surface area contributed by atoms with Gasteiger partial charge in [0, 0.05) is 12.1 Å². The molecule has 0 aliphatic carbocycles. The topological polar surface area (TPSA) is 262 Å². The summed E-state index contributed by atoms with van der Waals surface area (Å²) in [5.41, 5.74) is -0.280. The highest BCUT2D eigenvalue weighted by atomic mass is 31.2. The number of carbonyl (C=O) groups is 5. The second-order valence-electron chi connectivity index (χ2n) is 14.4. The van der Waals surface area contributed by atoms with Gasteiger partial charge in [0.15, 0.2) is 0 Å². The van der Waals surface area contributed by atoms with Crippen LogP contribution in [0.2, 0.25) is 0 Å². The van der Waals surface area contributed by atoms with Crippen LogP contribution in [0.3, 0.4) is 0 Å². The Bertz CT molecular complexity index is 1380. The average molecular weight is 743 g/mol. The maximum absolute atomic E-state index is 13.3. The van der Waals surface area contributed by atoms with E-state index in [2.05, 4.69) is 41.7 Å². The van der Waals surface area contributed by atoms with Crippen molar-refractivity contribution < 1.29 is 42.8 Å². The number of benzene rings is 1. The van der Waals surface area contributed by atoms with Gasteiger partial charge in [-0.1, -0.05) is 0 Å². The van der Waals surface area contributed by atoms with E-state index in [1.54, 1.807) is 13.8 Å². The van der Waals surface area contributed by atoms with Crippen LogP contribution in [-0.2, 0) is 23.7 Å². The number of nitrogens with two attached hydrogens (primary N) is 1. The van der Waals surface area contributed by atoms with Crippen molar-refractivity contribution in [2.45, 2.75) is 103 Å². The van der Waals surface area contributed by atoms with Gasteiger partial charge in [0.25, 0.3) is 5.91 Å². The first-order valence-corrected chi connectivity index (χ1v) is 18.5. The zero-order chi connectivity index (χ0) is 39.1. The number of hydrogen-bond donors (Lipinski definition) is 10. The van der Waals surface area contributed by atoms with Crippen molar-refractivity contribution in [3.63, 3.8) is 0 Å². The molecule has 0 atom stereocenters. The lowest BCUT2D eigenvalue weighted by Crippen LogP contribution is -2.67. The summed E-state index contributed by atoms with van der Waals surface area (Å²) in [5.74, 6) is -3.24. The number of carbonyl (C=O) groups excluding carboxylic acids is 5. The summed E-state index contributed by atoms with van der Waals surface area (Å²) < 4.78 is 15.5. The Morgan fingerprint density at radius 1 is 0.608 bits per heavy atom. The molecule has 0 aliphatic heterocycles. The highest BCUT2D eigenvalue weighted by Gasteiger charge is 2.42. The molecule has 0 heterocycles. The summed E-state index contributed by atoms with van der Waals surface area (Å²) in [6, 6.07) is 4.90. The molecular weight excluding hydrogens is 683 g/mol. The predicted molar refractivity (Wildman–Crippen MR) is 194 cm³/mol. The minimum atomic E-state index is -4.78. The van der Waals surface area contributed by atoms with Crippen molar-refractivity contribution in [2.75, 3.05) is 39.3 Å². The molecule has 18 heteroatoms. The third kappa shape index (κ3) is 17.0. The third-order valence-electron chi connectivity index (χ3n) is 7.65. The van der Waals surface area contributed by atoms with Crippen molar-refractivity contribution in [2.24, 2.45) is 5.73 Å². The van der Waals surface area contributed by atoms with Gasteiger partial charge in [-0.2, -0.15) is 0 Å². The molecule has 17 nitrogen and oxygen atoms in total. The summed E-state index contributed by atoms with van der Waals surface area (Å²) >= 11 is 0. The molecule has 0 aromatic heterocycles. The lowest BCUT2D eigenvalue weighted by molar-refractivity contribution is -0.140. The summed E-state index contributed by atoms with van der Waals surface area (Å²) in [7, 11) is -4.78. The first kappa shape index (κ1) is 45.4. The summed E-state index contributed by atoms with van der Waals surface area (Å²) in [6.45, 7) is 16.4. The smallest absolute Gasteiger partial charge is 0.404 e. The van der Waals surface area contributed by atoms with Gasteiger partial charge in [-0.05, 0) is 138 Å². The van der Waals surface area contributed by atoms with E-state index in [-0.39, 0.29) is 17.2 Å². The van der Waals surface area contributed by atoms with Gasteiger partial charge in [0.1, 0.15) is 27.9 Å². The molecular formula is C33H59N8O9P. The summed E-state index contributed by atoms with van der Waals surface area (Å²) in [6.07, 6.45) is 3.77. The molecule has 0 radical (unpaired) electrons. The molecule has 0 saturated carbocycles. The number of amides is 5. The van der Waals surface area contributed by atoms with Gasteiger partial charge < -0.3 is 47.5 Å². The molecule has 290 valence electrons. The third-order valence-corrected chi connectivity index (χ3v) is 8.09. The quantitative estimate of drug-likeness (QED) is 0.0532. The minimum absolute atomic E-state index is 0.0803. The molecule has 51 heavy (non-hydrogen) atoms. The molecule has 1 rings (SSSR count). The number of rotatable bonds is 23. The van der Waals surface area contributed by atoms with Crippen LogP contribution >= 0.6 is 7.82 Å². The van der Waals surface area contributed by atoms with Crippen molar-refractivity contribution in [3.8, 4) is 5.75 Å². The molecule has 0 aliphatic rings. The Balaban J connectivity index is 2.61. The van der Waals surface area contributed by atoms with Crippen LogP contribution in [0.5, 0.6) is 5.75 Å². The second kappa shape index (κ2) is 19.9. The van der Waals surface area contributed by atoms with Crippen molar-refractivity contribution in [1.29, 1.82) is 0 Å². The number of phosphoric acid groups is 1. The van der Waals surface area contributed by atoms with Crippen molar-refractivity contribution >= 4 is 37.4 Å². The molecule has 1 aromatic rings. The summed E-state index contributed by atoms with van der Waals surface area (Å²) in [5, 5.41) is 20.0. The van der Waals surface area contributed by atoms with Crippen LogP contribution in [-0.4, -0.2) is 101 Å². The predicted octanol–water partition coefficient (Wildman–Crippen LogP) is 0.165. The van der Waals surface area contributed by atoms with Crippen LogP contribution in [0.15, 0.2) is 24.3 Å². The second-order valence-corrected chi connectivity index (χ2v) is 15.5. The van der Waals surface area contributed by atoms with Gasteiger partial charge in [-0.15, -0.1) is 0 Å². The Hall–Kier alpha value is -3.60. The van der Waals surface area contributed by atoms with E-state index < -0.39 is 53.6 Å². The molecule has 0 unspecified atom stereocenters. The van der Waals surface area contributed by atoms with Crippen LogP contribution in [0.4, 0.5) is 0 Å². The van der Waals surface area contributed by atoms with Gasteiger partial charge in [-0.25, -0.2) is 4.57 Å². The Morgan fingerprint density at radius 2 is 1.00 bits per heavy atom. The van der Waals surface area contributed by atoms with Gasteiger partial charge in [0.05, 0.1) is 0 Å². The molecule has 11 N–H and O–H groups in total. The zero-order valence-corrected chi connectivity index (χ0v) is 32.1. The fraction of sp³-hybridized carbons (Fsp3) is 0.667. The standard InChI is InChI=1S/C33H59N8O9P/c1-30(2,26(43)37-22-12-21-36-19-10-9-18-35-20-11-17-34)39-28(45)32(5,6)41-29(46)33(7,8)40-27(44)31(3,4)38-25(42)23-13-15-24(16-14-23)50-51(47,48)49/h13-16,35-36H,9-12,17-22,34H2,1-8H3,(H,37,43)(H,38,42)(H,39,45)(H,40,44)(H,41,46)(H2,47,48,49). The van der Waals surface area contributed by atoms with E-state index in [0.29, 0.717) is 19.5 Å². The normalized spacial score (nSPS) is 12.5. The van der Waals surface area contributed by atoms with Crippen molar-refractivity contribution in [3.05, 3.63) is 29.8 Å². The highest BCUT2D eigenvalue weighted by molar-refractivity contribution is 7.46. The Labute approximate surface area is 301 Å². The SMILES string of the molecule is CC(C)(NC(=O)c1ccc(OP(=O)(O)O)cc1)C(=O)NC(C)(C)C(=O)NC(C)(C)C(=O)NC(C)(C)C(=O)NCCCNCCCCNCCCN. The van der Waals surface area contributed by atoms with Gasteiger partial charge >= 0.3 is 7.82 Å².